The number of unbranched alkanes of at least 4 members (excludes halogenated alkanes) is 12. The largest absolute Gasteiger partial charge is 0.497 e. The molecule has 0 unspecified atom stereocenters. The Morgan fingerprint density at radius 2 is 1.03 bits per heavy atom. The number of hydrogen-bond acceptors (Lipinski definition) is 6. The number of aromatic nitrogens is 1. The number of fused-ring (bicyclic) bond motifs is 4. The molecule has 0 atom stereocenters. The lowest BCUT2D eigenvalue weighted by molar-refractivity contribution is -0.144. The zero-order valence-corrected chi connectivity index (χ0v) is 47.6. The molecule has 4 nitrogen and oxygen atoms in total. The van der Waals surface area contributed by atoms with Gasteiger partial charge >= 0.3 is 12.1 Å². The van der Waals surface area contributed by atoms with Gasteiger partial charge in [-0.1, -0.05) is 117 Å². The molecule has 0 spiro atoms. The van der Waals surface area contributed by atoms with Gasteiger partial charge in [0.1, 0.15) is 11.3 Å². The number of carboxylic acid groups (broad SMARTS) is 1. The summed E-state index contributed by atoms with van der Waals surface area (Å²) in [5.41, 5.74) is 7.34. The molecule has 0 amide bonds. The van der Waals surface area contributed by atoms with Crippen molar-refractivity contribution in [2.45, 2.75) is 176 Å². The van der Waals surface area contributed by atoms with Gasteiger partial charge in [-0.05, 0) is 164 Å². The van der Waals surface area contributed by atoms with Gasteiger partial charge in [-0.25, -0.2) is 4.79 Å². The first-order valence-corrected chi connectivity index (χ1v) is 30.7. The summed E-state index contributed by atoms with van der Waals surface area (Å²) in [6, 6.07) is 27.2. The van der Waals surface area contributed by atoms with Crippen molar-refractivity contribution in [1.82, 2.24) is 4.57 Å². The van der Waals surface area contributed by atoms with Crippen molar-refractivity contribution in [3.05, 3.63) is 106 Å². The maximum Gasteiger partial charge on any atom is 0.423 e. The number of halogens is 3. The Morgan fingerprint density at radius 1 is 0.541 bits per heavy atom. The van der Waals surface area contributed by atoms with E-state index < -0.39 is 17.7 Å². The monoisotopic (exact) mass is 1080 g/mol. The summed E-state index contributed by atoms with van der Waals surface area (Å²) >= 11 is 6.92. The fourth-order valence-corrected chi connectivity index (χ4v) is 15.8. The third-order valence-corrected chi connectivity index (χ3v) is 19.8. The number of aryl methyl sites for hydroxylation is 5. The molecule has 0 saturated carbocycles. The molecule has 0 fully saturated rings. The Morgan fingerprint density at radius 3 is 1.51 bits per heavy atom. The maximum absolute atomic E-state index is 14.0. The predicted octanol–water partition coefficient (Wildman–Crippen LogP) is 21.4. The molecule has 8 rings (SSSR count). The van der Waals surface area contributed by atoms with E-state index in [1.165, 1.54) is 136 Å². The second-order valence-electron chi connectivity index (χ2n) is 20.1. The predicted molar refractivity (Wildman–Crippen MR) is 315 cm³/mol. The summed E-state index contributed by atoms with van der Waals surface area (Å²) in [5.74, 6) is -1.10. The van der Waals surface area contributed by atoms with Gasteiger partial charge in [0.05, 0.1) is 7.11 Å². The summed E-state index contributed by atoms with van der Waals surface area (Å²) < 4.78 is 50.1. The van der Waals surface area contributed by atoms with Crippen molar-refractivity contribution in [2.24, 2.45) is 0 Å². The minimum Gasteiger partial charge on any atom is -0.497 e. The van der Waals surface area contributed by atoms with Gasteiger partial charge in [-0.3, -0.25) is 0 Å². The van der Waals surface area contributed by atoms with E-state index in [-0.39, 0.29) is 0 Å². The van der Waals surface area contributed by atoms with Crippen molar-refractivity contribution in [3.8, 4) is 45.5 Å². The van der Waals surface area contributed by atoms with Crippen LogP contribution in [0.25, 0.3) is 78.4 Å². The minimum atomic E-state index is -4.96. The van der Waals surface area contributed by atoms with Crippen LogP contribution in [0.2, 0.25) is 0 Å². The first kappa shape index (κ1) is 55.5. The number of carbonyl (C=O) groups is 1. The smallest absolute Gasteiger partial charge is 0.423 e. The first-order chi connectivity index (χ1) is 35.9. The summed E-state index contributed by atoms with van der Waals surface area (Å²) in [7, 11) is 1.73. The zero-order chi connectivity index (χ0) is 52.4. The van der Waals surface area contributed by atoms with Crippen LogP contribution < -0.4 is 4.74 Å². The van der Waals surface area contributed by atoms with Gasteiger partial charge in [0.2, 0.25) is 0 Å². The Bertz CT molecular complexity index is 3190. The Hall–Kier alpha value is -4.68. The Balaban J connectivity index is 1.26. The van der Waals surface area contributed by atoms with Crippen molar-refractivity contribution in [3.63, 3.8) is 0 Å². The normalized spacial score (nSPS) is 12.4. The van der Waals surface area contributed by atoms with Gasteiger partial charge in [0.25, 0.3) is 0 Å². The molecule has 74 heavy (non-hydrogen) atoms. The number of carboxylic acids is 1. The third kappa shape index (κ3) is 12.9. The van der Waals surface area contributed by atoms with Gasteiger partial charge in [-0.15, -0.1) is 45.3 Å². The molecule has 0 radical (unpaired) electrons. The molecule has 0 aliphatic rings. The highest BCUT2D eigenvalue weighted by atomic mass is 32.1. The summed E-state index contributed by atoms with van der Waals surface area (Å²) in [6.07, 6.45) is 17.7. The van der Waals surface area contributed by atoms with E-state index in [1.54, 1.807) is 18.4 Å². The van der Waals surface area contributed by atoms with E-state index in [0.717, 1.165) is 117 Å². The number of thiophene rings is 4. The van der Waals surface area contributed by atoms with E-state index >= 15 is 0 Å². The molecule has 1 N–H and O–H groups in total. The van der Waals surface area contributed by atoms with Gasteiger partial charge in [0, 0.05) is 67.4 Å². The van der Waals surface area contributed by atoms with Crippen LogP contribution >= 0.6 is 45.3 Å². The van der Waals surface area contributed by atoms with Gasteiger partial charge < -0.3 is 14.4 Å². The van der Waals surface area contributed by atoms with E-state index in [0.29, 0.717) is 4.88 Å². The maximum atomic E-state index is 14.0. The minimum absolute atomic E-state index is 0.330. The van der Waals surface area contributed by atoms with E-state index in [9.17, 15) is 23.1 Å². The van der Waals surface area contributed by atoms with Crippen molar-refractivity contribution >= 4 is 90.0 Å². The quantitative estimate of drug-likeness (QED) is 0.0393. The fourth-order valence-electron chi connectivity index (χ4n) is 10.6. The molecule has 0 saturated heterocycles. The number of methoxy groups -OCH3 is 1. The van der Waals surface area contributed by atoms with Crippen molar-refractivity contribution in [1.29, 1.82) is 0 Å². The number of nitrogens with zero attached hydrogens (tertiary/aromatic N) is 1. The highest BCUT2D eigenvalue weighted by Crippen LogP contribution is 2.51. The van der Waals surface area contributed by atoms with Crippen LogP contribution in [-0.4, -0.2) is 28.9 Å². The number of aliphatic carboxylic acids is 1. The summed E-state index contributed by atoms with van der Waals surface area (Å²) in [5, 5.41) is 14.5. The van der Waals surface area contributed by atoms with E-state index in [2.05, 4.69) is 99.8 Å². The number of rotatable bonds is 28. The molecule has 11 heteroatoms. The first-order valence-electron chi connectivity index (χ1n) is 27.5. The molecule has 5 aromatic heterocycles. The molecule has 0 aliphatic carbocycles. The van der Waals surface area contributed by atoms with Crippen LogP contribution in [0.1, 0.15) is 164 Å². The Kier molecular flexibility index (Phi) is 19.4. The van der Waals surface area contributed by atoms with Crippen LogP contribution in [0.15, 0.2) is 78.4 Å². The lowest BCUT2D eigenvalue weighted by atomic mass is 10.0. The summed E-state index contributed by atoms with van der Waals surface area (Å²) in [6.45, 7) is 12.1. The molecular formula is C63H74F3NO3S4. The van der Waals surface area contributed by atoms with Gasteiger partial charge in [0.15, 0.2) is 0 Å². The van der Waals surface area contributed by atoms with Crippen LogP contribution in [0.4, 0.5) is 13.2 Å². The van der Waals surface area contributed by atoms with E-state index in [4.69, 9.17) is 4.74 Å². The average molecular weight is 1080 g/mol. The molecule has 394 valence electrons. The van der Waals surface area contributed by atoms with Crippen LogP contribution in [0.5, 0.6) is 5.75 Å². The Labute approximate surface area is 453 Å². The fraction of sp³-hybridized carbons (Fsp3) is 0.444. The lowest BCUT2D eigenvalue weighted by Gasteiger charge is -2.06. The van der Waals surface area contributed by atoms with Crippen LogP contribution in [0, 0.1) is 0 Å². The second kappa shape index (κ2) is 25.9. The molecule has 8 aromatic rings. The number of ether oxygens (including phenoxy) is 1. The molecule has 0 aliphatic heterocycles. The standard InChI is InChI=1S/C63H74F3NO3S4/c1-7-12-16-20-24-42-33-49(40-52(62(68)69)63(64,65)66)71-59(42)55-38-44(26-22-18-14-9-3)61(73-55)57-39-45(27-23-19-15-10-4)60(74-57)56-37-43(25-21-17-13-8-2)58(72-56)46-29-31-53-50(34-46)51-35-47-32-48(70-6)30-28-41(47)36-54(51)67(53)11-5/h28-40H,7-27H2,1-6H3,(H,68,69)/b52-40-. The second-order valence-corrected chi connectivity index (χ2v) is 24.3. The highest BCUT2D eigenvalue weighted by Gasteiger charge is 2.39. The molecule has 5 heterocycles. The molecular weight excluding hydrogens is 1000 g/mol. The topological polar surface area (TPSA) is 51.5 Å². The average Bonchev–Trinajstić information content (AvgIpc) is 4.24. The molecule has 0 bridgehead atoms. The highest BCUT2D eigenvalue weighted by molar-refractivity contribution is 7.29. The van der Waals surface area contributed by atoms with Crippen LogP contribution in [-0.2, 0) is 37.0 Å². The lowest BCUT2D eigenvalue weighted by Crippen LogP contribution is -2.19. The molecule has 3 aromatic carbocycles. The van der Waals surface area contributed by atoms with E-state index in [1.807, 2.05) is 34.8 Å². The SMILES string of the molecule is CCCCCCc1cc(-c2sc(-c3sc(-c4sc(/C=C(/C(=O)O)C(F)(F)F)cc4CCCCCC)cc3CCCCCC)cc2CCCCCC)sc1-c1ccc2c(c1)c1cc3cc(OC)ccc3cc1n2CC. The summed E-state index contributed by atoms with van der Waals surface area (Å²) in [4.78, 5) is 20.8. The number of hydrogen-bond donors (Lipinski definition) is 1. The van der Waals surface area contributed by atoms with Crippen molar-refractivity contribution in [2.75, 3.05) is 7.11 Å². The van der Waals surface area contributed by atoms with Gasteiger partial charge in [-0.2, -0.15) is 13.2 Å². The third-order valence-electron chi connectivity index (χ3n) is 14.6. The zero-order valence-electron chi connectivity index (χ0n) is 44.3. The van der Waals surface area contributed by atoms with Crippen molar-refractivity contribution < 1.29 is 27.8 Å². The van der Waals surface area contributed by atoms with Crippen LogP contribution in [0.3, 0.4) is 0 Å². The number of benzene rings is 3. The number of alkyl halides is 3.